The maximum absolute atomic E-state index is 13.5. The normalized spacial score (nSPS) is 13.2. The molecule has 5 heteroatoms. The molecule has 2 amide bonds. The zero-order valence-corrected chi connectivity index (χ0v) is 19.6. The van der Waals surface area contributed by atoms with Gasteiger partial charge >= 0.3 is 0 Å². The monoisotopic (exact) mass is 443 g/mol. The Labute approximate surface area is 196 Å². The highest BCUT2D eigenvalue weighted by molar-refractivity contribution is 5.96. The number of aromatic nitrogens is 1. The van der Waals surface area contributed by atoms with Gasteiger partial charge in [0.15, 0.2) is 0 Å². The Balaban J connectivity index is 1.48. The Morgan fingerprint density at radius 1 is 0.939 bits per heavy atom. The van der Waals surface area contributed by atoms with Crippen molar-refractivity contribution in [1.82, 2.24) is 14.4 Å². The van der Waals surface area contributed by atoms with Crippen molar-refractivity contribution in [3.63, 3.8) is 0 Å². The number of hydrogen-bond acceptors (Lipinski definition) is 2. The van der Waals surface area contributed by atoms with Crippen LogP contribution in [0.2, 0.25) is 0 Å². The first-order valence-electron chi connectivity index (χ1n) is 11.8. The van der Waals surface area contributed by atoms with E-state index in [1.54, 1.807) is 4.90 Å². The van der Waals surface area contributed by atoms with Gasteiger partial charge in [-0.1, -0.05) is 62.4 Å². The van der Waals surface area contributed by atoms with Crippen LogP contribution in [-0.2, 0) is 17.9 Å². The lowest BCUT2D eigenvalue weighted by molar-refractivity contribution is -0.133. The molecular formula is C28H33N3O2. The van der Waals surface area contributed by atoms with Gasteiger partial charge in [0, 0.05) is 36.6 Å². The second kappa shape index (κ2) is 10.5. The van der Waals surface area contributed by atoms with Crippen LogP contribution in [-0.4, -0.2) is 45.3 Å². The summed E-state index contributed by atoms with van der Waals surface area (Å²) in [5.74, 6) is 0.221. The minimum atomic E-state index is -0.0825. The van der Waals surface area contributed by atoms with E-state index in [-0.39, 0.29) is 30.3 Å². The minimum absolute atomic E-state index is 0.0230. The van der Waals surface area contributed by atoms with Gasteiger partial charge in [0.25, 0.3) is 5.91 Å². The van der Waals surface area contributed by atoms with Gasteiger partial charge in [-0.05, 0) is 48.6 Å². The molecule has 0 N–H and O–H groups in total. The molecule has 1 aromatic heterocycles. The topological polar surface area (TPSA) is 45.6 Å². The summed E-state index contributed by atoms with van der Waals surface area (Å²) in [6, 6.07) is 24.0. The third kappa shape index (κ3) is 6.13. The second-order valence-electron chi connectivity index (χ2n) is 9.31. The van der Waals surface area contributed by atoms with Crippen molar-refractivity contribution < 1.29 is 9.59 Å². The van der Waals surface area contributed by atoms with E-state index in [4.69, 9.17) is 0 Å². The van der Waals surface area contributed by atoms with E-state index < -0.39 is 0 Å². The maximum atomic E-state index is 13.5. The van der Waals surface area contributed by atoms with E-state index in [2.05, 4.69) is 42.8 Å². The van der Waals surface area contributed by atoms with Crippen LogP contribution in [0.4, 0.5) is 0 Å². The van der Waals surface area contributed by atoms with Crippen molar-refractivity contribution in [3.05, 3.63) is 95.8 Å². The van der Waals surface area contributed by atoms with E-state index in [0.717, 1.165) is 25.1 Å². The van der Waals surface area contributed by atoms with Crippen LogP contribution in [0.1, 0.15) is 48.3 Å². The SMILES string of the molecule is CC(C)CN(CC(=O)N(Cc1cccn1Cc1ccccc1)C1CC1)C(=O)c1ccccc1. The fourth-order valence-corrected chi connectivity index (χ4v) is 4.19. The van der Waals surface area contributed by atoms with Crippen molar-refractivity contribution in [2.75, 3.05) is 13.1 Å². The summed E-state index contributed by atoms with van der Waals surface area (Å²) in [4.78, 5) is 30.3. The first kappa shape index (κ1) is 22.8. The molecule has 2 aromatic carbocycles. The zero-order valence-electron chi connectivity index (χ0n) is 19.6. The van der Waals surface area contributed by atoms with E-state index in [9.17, 15) is 9.59 Å². The number of carbonyl (C=O) groups excluding carboxylic acids is 2. The quantitative estimate of drug-likeness (QED) is 0.451. The molecule has 4 rings (SSSR count). The van der Waals surface area contributed by atoms with Gasteiger partial charge in [-0.3, -0.25) is 9.59 Å². The lowest BCUT2D eigenvalue weighted by Crippen LogP contribution is -2.45. The summed E-state index contributed by atoms with van der Waals surface area (Å²) in [5.41, 5.74) is 2.97. The number of carbonyl (C=O) groups is 2. The summed E-state index contributed by atoms with van der Waals surface area (Å²) >= 11 is 0. The van der Waals surface area contributed by atoms with Crippen molar-refractivity contribution in [2.24, 2.45) is 5.92 Å². The summed E-state index contributed by atoms with van der Waals surface area (Å²) in [6.45, 7) is 6.17. The van der Waals surface area contributed by atoms with Crippen LogP contribution in [0.5, 0.6) is 0 Å². The van der Waals surface area contributed by atoms with E-state index >= 15 is 0 Å². The average Bonchev–Trinajstić information content (AvgIpc) is 3.57. The smallest absolute Gasteiger partial charge is 0.254 e. The molecule has 33 heavy (non-hydrogen) atoms. The molecule has 5 nitrogen and oxygen atoms in total. The summed E-state index contributed by atoms with van der Waals surface area (Å²) in [6.07, 6.45) is 4.13. The van der Waals surface area contributed by atoms with Crippen LogP contribution in [0, 0.1) is 5.92 Å². The fraction of sp³-hybridized carbons (Fsp3) is 0.357. The molecule has 0 unspecified atom stereocenters. The summed E-state index contributed by atoms with van der Waals surface area (Å²) in [5, 5.41) is 0. The Morgan fingerprint density at radius 2 is 1.61 bits per heavy atom. The van der Waals surface area contributed by atoms with Gasteiger partial charge in [-0.2, -0.15) is 0 Å². The van der Waals surface area contributed by atoms with Crippen molar-refractivity contribution in [3.8, 4) is 0 Å². The van der Waals surface area contributed by atoms with E-state index in [0.29, 0.717) is 18.7 Å². The molecule has 0 atom stereocenters. The Morgan fingerprint density at radius 3 is 2.24 bits per heavy atom. The van der Waals surface area contributed by atoms with Gasteiger partial charge in [0.1, 0.15) is 6.54 Å². The van der Waals surface area contributed by atoms with Crippen LogP contribution < -0.4 is 0 Å². The van der Waals surface area contributed by atoms with Crippen LogP contribution in [0.15, 0.2) is 79.0 Å². The predicted molar refractivity (Wildman–Crippen MR) is 131 cm³/mol. The number of hydrogen-bond donors (Lipinski definition) is 0. The zero-order chi connectivity index (χ0) is 23.2. The standard InChI is InChI=1S/C28H33N3O2/c1-22(2)18-30(28(33)24-12-7-4-8-13-24)21-27(32)31(25-15-16-25)20-26-14-9-17-29(26)19-23-10-5-3-6-11-23/h3-14,17,22,25H,15-16,18-21H2,1-2H3. The molecule has 1 fully saturated rings. The van der Waals surface area contributed by atoms with Crippen LogP contribution in [0.25, 0.3) is 0 Å². The number of benzene rings is 2. The molecule has 0 spiro atoms. The molecular weight excluding hydrogens is 410 g/mol. The highest BCUT2D eigenvalue weighted by Gasteiger charge is 2.34. The Bertz CT molecular complexity index is 1060. The van der Waals surface area contributed by atoms with Gasteiger partial charge < -0.3 is 14.4 Å². The van der Waals surface area contributed by atoms with E-state index in [1.165, 1.54) is 5.56 Å². The minimum Gasteiger partial charge on any atom is -0.345 e. The lowest BCUT2D eigenvalue weighted by atomic mass is 10.1. The summed E-state index contributed by atoms with van der Waals surface area (Å²) in [7, 11) is 0. The number of nitrogens with zero attached hydrogens (tertiary/aromatic N) is 3. The lowest BCUT2D eigenvalue weighted by Gasteiger charge is -2.29. The van der Waals surface area contributed by atoms with Crippen molar-refractivity contribution >= 4 is 11.8 Å². The van der Waals surface area contributed by atoms with Crippen molar-refractivity contribution in [2.45, 2.75) is 45.8 Å². The first-order valence-corrected chi connectivity index (χ1v) is 11.8. The third-order valence-electron chi connectivity index (χ3n) is 5.98. The Kier molecular flexibility index (Phi) is 7.28. The highest BCUT2D eigenvalue weighted by Crippen LogP contribution is 2.29. The average molecular weight is 444 g/mol. The van der Waals surface area contributed by atoms with Crippen LogP contribution in [0.3, 0.4) is 0 Å². The molecule has 1 aliphatic rings. The Hall–Kier alpha value is -3.34. The largest absolute Gasteiger partial charge is 0.345 e. The molecule has 0 radical (unpaired) electrons. The fourth-order valence-electron chi connectivity index (χ4n) is 4.19. The molecule has 0 bridgehead atoms. The van der Waals surface area contributed by atoms with Gasteiger partial charge in [0.05, 0.1) is 6.54 Å². The molecule has 1 saturated carbocycles. The molecule has 3 aromatic rings. The van der Waals surface area contributed by atoms with Crippen molar-refractivity contribution in [1.29, 1.82) is 0 Å². The highest BCUT2D eigenvalue weighted by atomic mass is 16.2. The second-order valence-corrected chi connectivity index (χ2v) is 9.31. The molecule has 1 heterocycles. The van der Waals surface area contributed by atoms with E-state index in [1.807, 2.05) is 59.5 Å². The third-order valence-corrected chi connectivity index (χ3v) is 5.98. The van der Waals surface area contributed by atoms with Gasteiger partial charge in [-0.25, -0.2) is 0 Å². The van der Waals surface area contributed by atoms with Gasteiger partial charge in [0.2, 0.25) is 5.91 Å². The summed E-state index contributed by atoms with van der Waals surface area (Å²) < 4.78 is 2.21. The number of rotatable bonds is 10. The maximum Gasteiger partial charge on any atom is 0.254 e. The van der Waals surface area contributed by atoms with Gasteiger partial charge in [-0.15, -0.1) is 0 Å². The first-order chi connectivity index (χ1) is 16.0. The number of amides is 2. The predicted octanol–water partition coefficient (Wildman–Crippen LogP) is 4.83. The molecule has 172 valence electrons. The van der Waals surface area contributed by atoms with Crippen LogP contribution >= 0.6 is 0 Å². The molecule has 0 aliphatic heterocycles. The molecule has 0 saturated heterocycles. The molecule has 1 aliphatic carbocycles.